The molecule has 1 fully saturated rings. The monoisotopic (exact) mass is 420 g/mol. The molecular formula is C17H24N8O3S. The number of piperidine rings is 1. The van der Waals surface area contributed by atoms with Gasteiger partial charge in [-0.3, -0.25) is 5.10 Å². The average Bonchev–Trinajstić information content (AvgIpc) is 3.31. The highest BCUT2D eigenvalue weighted by atomic mass is 32.2. The summed E-state index contributed by atoms with van der Waals surface area (Å²) in [5.74, 6) is 0.953. The van der Waals surface area contributed by atoms with Gasteiger partial charge in [0.15, 0.2) is 5.65 Å². The van der Waals surface area contributed by atoms with E-state index in [1.54, 1.807) is 23.1 Å². The smallest absolute Gasteiger partial charge is 0.244 e. The van der Waals surface area contributed by atoms with Gasteiger partial charge in [0.05, 0.1) is 24.8 Å². The fourth-order valence-electron chi connectivity index (χ4n) is 3.32. The van der Waals surface area contributed by atoms with Crippen LogP contribution in [0.25, 0.3) is 16.9 Å². The first-order valence-electron chi connectivity index (χ1n) is 9.44. The number of sulfonamides is 1. The van der Waals surface area contributed by atoms with Gasteiger partial charge in [-0.15, -0.1) is 5.10 Å². The lowest BCUT2D eigenvalue weighted by Gasteiger charge is -2.30. The second-order valence-electron chi connectivity index (χ2n) is 7.35. The Balaban J connectivity index is 1.59. The van der Waals surface area contributed by atoms with Crippen LogP contribution in [0.3, 0.4) is 0 Å². The van der Waals surface area contributed by atoms with Gasteiger partial charge in [0, 0.05) is 30.9 Å². The molecule has 2 N–H and O–H groups in total. The fraction of sp³-hybridized carbons (Fsp3) is 0.529. The third-order valence-corrected chi connectivity index (χ3v) is 6.01. The number of rotatable bonds is 6. The molecule has 11 nitrogen and oxygen atoms in total. The van der Waals surface area contributed by atoms with Crippen molar-refractivity contribution >= 4 is 21.6 Å². The minimum Gasteiger partial charge on any atom is -0.473 e. The summed E-state index contributed by atoms with van der Waals surface area (Å²) < 4.78 is 32.5. The Morgan fingerprint density at radius 1 is 1.28 bits per heavy atom. The summed E-state index contributed by atoms with van der Waals surface area (Å²) >= 11 is 0. The van der Waals surface area contributed by atoms with Gasteiger partial charge < -0.3 is 10.1 Å². The van der Waals surface area contributed by atoms with Crippen molar-refractivity contribution in [1.29, 1.82) is 0 Å². The first-order valence-corrected chi connectivity index (χ1v) is 11.3. The highest BCUT2D eigenvalue weighted by molar-refractivity contribution is 7.88. The molecule has 156 valence electrons. The highest BCUT2D eigenvalue weighted by Gasteiger charge is 2.26. The summed E-state index contributed by atoms with van der Waals surface area (Å²) in [5, 5.41) is 14.6. The number of H-pyrrole nitrogens is 1. The molecule has 0 aliphatic carbocycles. The summed E-state index contributed by atoms with van der Waals surface area (Å²) in [7, 11) is -3.15. The van der Waals surface area contributed by atoms with Crippen LogP contribution in [0.4, 0.5) is 5.95 Å². The van der Waals surface area contributed by atoms with Crippen LogP contribution in [0.5, 0.6) is 5.88 Å². The molecule has 3 aromatic rings. The van der Waals surface area contributed by atoms with Crippen molar-refractivity contribution in [3.8, 4) is 17.1 Å². The zero-order valence-electron chi connectivity index (χ0n) is 16.5. The van der Waals surface area contributed by atoms with Crippen LogP contribution in [-0.2, 0) is 10.0 Å². The van der Waals surface area contributed by atoms with Crippen molar-refractivity contribution < 1.29 is 13.2 Å². The second kappa shape index (κ2) is 7.59. The number of hydrogen-bond donors (Lipinski definition) is 2. The maximum absolute atomic E-state index is 11.7. The molecule has 4 rings (SSSR count). The van der Waals surface area contributed by atoms with Gasteiger partial charge in [-0.05, 0) is 26.7 Å². The SMILES string of the molecule is CC(C)Oc1c(-c2cn[nH]c2)ncc2nc(NC3CCN(S(C)(=O)=O)CC3)nn12. The molecule has 0 spiro atoms. The van der Waals surface area contributed by atoms with Crippen molar-refractivity contribution in [2.24, 2.45) is 0 Å². The van der Waals surface area contributed by atoms with Gasteiger partial charge in [-0.2, -0.15) is 14.6 Å². The Kier molecular flexibility index (Phi) is 5.13. The van der Waals surface area contributed by atoms with E-state index in [0.29, 0.717) is 49.1 Å². The van der Waals surface area contributed by atoms with Crippen molar-refractivity contribution in [1.82, 2.24) is 34.1 Å². The van der Waals surface area contributed by atoms with Crippen molar-refractivity contribution in [3.63, 3.8) is 0 Å². The van der Waals surface area contributed by atoms with E-state index in [-0.39, 0.29) is 12.1 Å². The zero-order valence-corrected chi connectivity index (χ0v) is 17.3. The third-order valence-electron chi connectivity index (χ3n) is 4.71. The number of aromatic amines is 1. The van der Waals surface area contributed by atoms with E-state index in [9.17, 15) is 8.42 Å². The molecule has 0 unspecified atom stereocenters. The largest absolute Gasteiger partial charge is 0.473 e. The lowest BCUT2D eigenvalue weighted by atomic mass is 10.1. The molecule has 0 amide bonds. The molecule has 0 atom stereocenters. The summed E-state index contributed by atoms with van der Waals surface area (Å²) in [6.45, 7) is 4.84. The number of ether oxygens (including phenoxy) is 1. The van der Waals surface area contributed by atoms with Crippen LogP contribution in [0.2, 0.25) is 0 Å². The second-order valence-corrected chi connectivity index (χ2v) is 9.33. The van der Waals surface area contributed by atoms with E-state index in [4.69, 9.17) is 4.74 Å². The fourth-order valence-corrected chi connectivity index (χ4v) is 4.19. The molecular weight excluding hydrogens is 396 g/mol. The van der Waals surface area contributed by atoms with Crippen LogP contribution in [0, 0.1) is 0 Å². The van der Waals surface area contributed by atoms with E-state index in [2.05, 4.69) is 30.6 Å². The topological polar surface area (TPSA) is 130 Å². The number of nitrogens with zero attached hydrogens (tertiary/aromatic N) is 6. The first kappa shape index (κ1) is 19.6. The lowest BCUT2D eigenvalue weighted by molar-refractivity contribution is 0.227. The number of nitrogens with one attached hydrogen (secondary N) is 2. The van der Waals surface area contributed by atoms with E-state index < -0.39 is 10.0 Å². The number of hydrogen-bond acceptors (Lipinski definition) is 8. The minimum atomic E-state index is -3.15. The standard InChI is InChI=1S/C17H24N8O3S/c1-11(2)28-16-15(12-8-19-20-9-12)18-10-14-22-17(23-25(14)16)21-13-4-6-24(7-5-13)29(3,26)27/h8-11,13H,4-7H2,1-3H3,(H,19,20)(H,21,23). The molecule has 0 aromatic carbocycles. The zero-order chi connectivity index (χ0) is 20.6. The molecule has 12 heteroatoms. The maximum atomic E-state index is 11.7. The molecule has 1 aliphatic heterocycles. The third kappa shape index (κ3) is 4.17. The van der Waals surface area contributed by atoms with E-state index in [1.165, 1.54) is 10.6 Å². The summed E-state index contributed by atoms with van der Waals surface area (Å²) in [6.07, 6.45) is 7.60. The molecule has 0 saturated carbocycles. The van der Waals surface area contributed by atoms with Crippen molar-refractivity contribution in [3.05, 3.63) is 18.6 Å². The van der Waals surface area contributed by atoms with Crippen LogP contribution in [0.1, 0.15) is 26.7 Å². The Morgan fingerprint density at radius 3 is 2.66 bits per heavy atom. The van der Waals surface area contributed by atoms with Gasteiger partial charge in [-0.25, -0.2) is 17.7 Å². The summed E-state index contributed by atoms with van der Waals surface area (Å²) in [4.78, 5) is 9.00. The van der Waals surface area contributed by atoms with Gasteiger partial charge >= 0.3 is 0 Å². The summed E-state index contributed by atoms with van der Waals surface area (Å²) in [6, 6.07) is 0.0983. The van der Waals surface area contributed by atoms with E-state index in [1.807, 2.05) is 13.8 Å². The predicted molar refractivity (Wildman–Crippen MR) is 107 cm³/mol. The Morgan fingerprint density at radius 2 is 2.03 bits per heavy atom. The minimum absolute atomic E-state index is 0.0750. The van der Waals surface area contributed by atoms with Crippen LogP contribution in [0.15, 0.2) is 18.6 Å². The Labute approximate surface area is 168 Å². The van der Waals surface area contributed by atoms with E-state index >= 15 is 0 Å². The van der Waals surface area contributed by atoms with E-state index in [0.717, 1.165) is 5.56 Å². The highest BCUT2D eigenvalue weighted by Crippen LogP contribution is 2.29. The molecule has 1 saturated heterocycles. The first-order chi connectivity index (χ1) is 13.8. The molecule has 4 heterocycles. The van der Waals surface area contributed by atoms with Gasteiger partial charge in [0.25, 0.3) is 0 Å². The average molecular weight is 420 g/mol. The predicted octanol–water partition coefficient (Wildman–Crippen LogP) is 1.14. The quantitative estimate of drug-likeness (QED) is 0.607. The lowest BCUT2D eigenvalue weighted by Crippen LogP contribution is -2.41. The molecule has 3 aromatic heterocycles. The van der Waals surface area contributed by atoms with Crippen LogP contribution < -0.4 is 10.1 Å². The molecule has 0 radical (unpaired) electrons. The normalized spacial score (nSPS) is 16.6. The van der Waals surface area contributed by atoms with Gasteiger partial charge in [0.1, 0.15) is 5.69 Å². The Hall–Kier alpha value is -2.73. The molecule has 29 heavy (non-hydrogen) atoms. The number of anilines is 1. The van der Waals surface area contributed by atoms with Crippen molar-refractivity contribution in [2.75, 3.05) is 24.7 Å². The van der Waals surface area contributed by atoms with Gasteiger partial charge in [0.2, 0.25) is 21.9 Å². The Bertz CT molecular complexity index is 1090. The maximum Gasteiger partial charge on any atom is 0.244 e. The van der Waals surface area contributed by atoms with Crippen LogP contribution in [-0.4, -0.2) is 74.0 Å². The van der Waals surface area contributed by atoms with Crippen LogP contribution >= 0.6 is 0 Å². The molecule has 0 bridgehead atoms. The van der Waals surface area contributed by atoms with Crippen molar-refractivity contribution in [2.45, 2.75) is 38.8 Å². The number of fused-ring (bicyclic) bond motifs is 1. The van der Waals surface area contributed by atoms with Gasteiger partial charge in [-0.1, -0.05) is 0 Å². The molecule has 1 aliphatic rings. The number of aromatic nitrogens is 6. The summed E-state index contributed by atoms with van der Waals surface area (Å²) in [5.41, 5.74) is 1.97.